The maximum Gasteiger partial charge on any atom is 0.496 e. The van der Waals surface area contributed by atoms with Crippen LogP contribution in [0.4, 0.5) is 0 Å². The third-order valence-electron chi connectivity index (χ3n) is 7.54. The Bertz CT molecular complexity index is 1160. The molecule has 2 aromatic rings. The summed E-state index contributed by atoms with van der Waals surface area (Å²) < 4.78 is 26.8. The molecule has 0 radical (unpaired) electrons. The van der Waals surface area contributed by atoms with Crippen molar-refractivity contribution >= 4 is 25.2 Å². The molecule has 0 saturated carbocycles. The summed E-state index contributed by atoms with van der Waals surface area (Å²) in [6.45, 7) is 17.9. The number of hydrogen-bond acceptors (Lipinski definition) is 6. The second-order valence-corrected chi connectivity index (χ2v) is 11.5. The molecule has 4 rings (SSSR count). The molecule has 0 atom stereocenters. The summed E-state index contributed by atoms with van der Waals surface area (Å²) in [5.41, 5.74) is 0.989. The van der Waals surface area contributed by atoms with Crippen LogP contribution in [0, 0.1) is 6.92 Å². The zero-order chi connectivity index (χ0) is 26.6. The summed E-state index contributed by atoms with van der Waals surface area (Å²) in [5.74, 6) is 0. The average Bonchev–Trinajstić information content (AvgIpc) is 3.08. The highest BCUT2D eigenvalue weighted by atomic mass is 16.7. The van der Waals surface area contributed by atoms with Gasteiger partial charge < -0.3 is 27.8 Å². The van der Waals surface area contributed by atoms with Crippen molar-refractivity contribution < 1.29 is 18.6 Å². The Balaban J connectivity index is 0.000000196. The van der Waals surface area contributed by atoms with Crippen molar-refractivity contribution in [3.63, 3.8) is 0 Å². The Hall–Kier alpha value is -2.13. The molecule has 8 nitrogen and oxygen atoms in total. The Morgan fingerprint density at radius 2 is 1.06 bits per heavy atom. The van der Waals surface area contributed by atoms with Gasteiger partial charge in [-0.1, -0.05) is 12.1 Å². The predicted octanol–water partition coefficient (Wildman–Crippen LogP) is 1.68. The number of nitrogens with zero attached hydrogens (tertiary/aromatic N) is 2. The summed E-state index contributed by atoms with van der Waals surface area (Å²) >= 11 is 0. The first kappa shape index (κ1) is 27.5. The van der Waals surface area contributed by atoms with E-state index in [1.165, 1.54) is 10.6 Å². The minimum atomic E-state index is -0.416. The molecule has 0 bridgehead atoms. The van der Waals surface area contributed by atoms with Gasteiger partial charge >= 0.3 is 14.2 Å². The van der Waals surface area contributed by atoms with Crippen molar-refractivity contribution in [3.05, 3.63) is 56.9 Å². The third kappa shape index (κ3) is 5.35. The monoisotopic (exact) mass is 484 g/mol. The summed E-state index contributed by atoms with van der Waals surface area (Å²) in [4.78, 5) is 23.0. The van der Waals surface area contributed by atoms with Crippen molar-refractivity contribution in [2.45, 2.75) is 84.7 Å². The van der Waals surface area contributed by atoms with E-state index in [2.05, 4.69) is 0 Å². The van der Waals surface area contributed by atoms with Gasteiger partial charge in [0, 0.05) is 38.1 Å². The van der Waals surface area contributed by atoms with Gasteiger partial charge in [-0.2, -0.15) is 0 Å². The molecule has 4 heterocycles. The van der Waals surface area contributed by atoms with Gasteiger partial charge in [-0.05, 0) is 73.2 Å². The highest BCUT2D eigenvalue weighted by molar-refractivity contribution is 6.62. The van der Waals surface area contributed by atoms with E-state index in [4.69, 9.17) is 18.6 Å². The molecule has 0 amide bonds. The second-order valence-electron chi connectivity index (χ2n) is 11.5. The molecule has 0 N–H and O–H groups in total. The van der Waals surface area contributed by atoms with Gasteiger partial charge in [0.15, 0.2) is 0 Å². The maximum absolute atomic E-state index is 11.7. The first-order valence-electron chi connectivity index (χ1n) is 11.9. The molecule has 2 aliphatic rings. The first-order valence-corrected chi connectivity index (χ1v) is 11.9. The van der Waals surface area contributed by atoms with Crippen LogP contribution in [0.5, 0.6) is 0 Å². The molecule has 0 spiro atoms. The fourth-order valence-electron chi connectivity index (χ4n) is 3.75. The lowest BCUT2D eigenvalue weighted by atomic mass is 9.80. The molecule has 0 aliphatic carbocycles. The summed E-state index contributed by atoms with van der Waals surface area (Å²) in [5, 5.41) is 0. The molecule has 10 heteroatoms. The van der Waals surface area contributed by atoms with Crippen LogP contribution < -0.4 is 22.0 Å². The molecule has 2 fully saturated rings. The summed E-state index contributed by atoms with van der Waals surface area (Å²) in [6, 6.07) is 5.12. The summed E-state index contributed by atoms with van der Waals surface area (Å²) in [7, 11) is 2.63. The van der Waals surface area contributed by atoms with E-state index in [0.29, 0.717) is 5.56 Å². The van der Waals surface area contributed by atoms with Crippen LogP contribution in [-0.2, 0) is 32.7 Å². The van der Waals surface area contributed by atoms with Crippen LogP contribution in [0.15, 0.2) is 40.2 Å². The van der Waals surface area contributed by atoms with E-state index >= 15 is 0 Å². The lowest BCUT2D eigenvalue weighted by molar-refractivity contribution is 0.00578. The van der Waals surface area contributed by atoms with Crippen LogP contribution in [0.3, 0.4) is 0 Å². The fraction of sp³-hybridized carbons (Fsp3) is 0.600. The van der Waals surface area contributed by atoms with Crippen LogP contribution >= 0.6 is 0 Å². The van der Waals surface area contributed by atoms with E-state index in [1.807, 2.05) is 61.5 Å². The Labute approximate surface area is 208 Å². The number of aryl methyl sites for hydroxylation is 3. The zero-order valence-electron chi connectivity index (χ0n) is 22.9. The Kier molecular flexibility index (Phi) is 7.11. The van der Waals surface area contributed by atoms with Gasteiger partial charge in [0.25, 0.3) is 5.56 Å². The highest BCUT2D eigenvalue weighted by Crippen LogP contribution is 2.37. The van der Waals surface area contributed by atoms with E-state index in [1.54, 1.807) is 44.0 Å². The van der Waals surface area contributed by atoms with Crippen LogP contribution in [0.25, 0.3) is 0 Å². The Morgan fingerprint density at radius 1 is 0.657 bits per heavy atom. The fourth-order valence-corrected chi connectivity index (χ4v) is 3.75. The molecule has 2 saturated heterocycles. The lowest BCUT2D eigenvalue weighted by Crippen LogP contribution is -2.41. The van der Waals surface area contributed by atoms with Gasteiger partial charge in [0.2, 0.25) is 5.56 Å². The molecule has 190 valence electrons. The number of aromatic nitrogens is 2. The minimum Gasteiger partial charge on any atom is -0.399 e. The smallest absolute Gasteiger partial charge is 0.399 e. The minimum absolute atomic E-state index is 0.00951. The largest absolute Gasteiger partial charge is 0.496 e. The molecule has 2 aromatic heterocycles. The number of hydrogen-bond donors (Lipinski definition) is 0. The highest BCUT2D eigenvalue weighted by Gasteiger charge is 2.52. The second kappa shape index (κ2) is 9.07. The quantitative estimate of drug-likeness (QED) is 0.604. The molecule has 0 aromatic carbocycles. The van der Waals surface area contributed by atoms with Gasteiger partial charge in [-0.15, -0.1) is 0 Å². The van der Waals surface area contributed by atoms with Crippen molar-refractivity contribution in [2.75, 3.05) is 0 Å². The number of pyridine rings is 2. The van der Waals surface area contributed by atoms with Crippen molar-refractivity contribution in [1.82, 2.24) is 9.13 Å². The molecular weight excluding hydrogens is 446 g/mol. The van der Waals surface area contributed by atoms with Crippen LogP contribution in [0.2, 0.25) is 0 Å². The molecule has 35 heavy (non-hydrogen) atoms. The molecular formula is C25H38B2N2O6. The van der Waals surface area contributed by atoms with Crippen molar-refractivity contribution in [3.8, 4) is 0 Å². The van der Waals surface area contributed by atoms with Crippen molar-refractivity contribution in [1.29, 1.82) is 0 Å². The van der Waals surface area contributed by atoms with Gasteiger partial charge in [0.1, 0.15) is 0 Å². The lowest BCUT2D eigenvalue weighted by Gasteiger charge is -2.32. The normalized spacial score (nSPS) is 21.6. The predicted molar refractivity (Wildman–Crippen MR) is 140 cm³/mol. The number of rotatable bonds is 2. The van der Waals surface area contributed by atoms with E-state index in [-0.39, 0.29) is 33.5 Å². The molecule has 0 unspecified atom stereocenters. The average molecular weight is 484 g/mol. The van der Waals surface area contributed by atoms with Crippen molar-refractivity contribution in [2.24, 2.45) is 14.1 Å². The van der Waals surface area contributed by atoms with E-state index in [0.717, 1.165) is 10.9 Å². The van der Waals surface area contributed by atoms with Gasteiger partial charge in [-0.25, -0.2) is 0 Å². The third-order valence-corrected chi connectivity index (χ3v) is 7.54. The van der Waals surface area contributed by atoms with Gasteiger partial charge in [-0.3, -0.25) is 9.59 Å². The molecule has 2 aliphatic heterocycles. The summed E-state index contributed by atoms with van der Waals surface area (Å²) in [6.07, 6.45) is 3.53. The topological polar surface area (TPSA) is 80.9 Å². The Morgan fingerprint density at radius 3 is 1.46 bits per heavy atom. The van der Waals surface area contributed by atoms with E-state index < -0.39 is 14.2 Å². The first-order chi connectivity index (χ1) is 15.9. The maximum atomic E-state index is 11.7. The zero-order valence-corrected chi connectivity index (χ0v) is 22.9. The van der Waals surface area contributed by atoms with Gasteiger partial charge in [0.05, 0.1) is 22.4 Å². The SMILES string of the molecule is Cc1cc(B2OC(C)(C)C(C)(C)O2)cn(C)c1=O.Cn1cc(B2OC(C)(C)C(C)(C)O2)ccc1=O. The standard InChI is InChI=1S/C13H20BNO3.C12H18BNO3/c1-9-7-10(8-15(6)11(9)16)14-17-12(2,3)13(4,5)18-14;1-11(2)12(3,4)17-13(16-11)9-6-7-10(15)14(5)8-9/h7-8H,1-6H3;6-8H,1-5H3. The van der Waals surface area contributed by atoms with Crippen LogP contribution in [-0.4, -0.2) is 45.8 Å². The van der Waals surface area contributed by atoms with Crippen LogP contribution in [0.1, 0.15) is 61.0 Å². The van der Waals surface area contributed by atoms with E-state index in [9.17, 15) is 9.59 Å².